The summed E-state index contributed by atoms with van der Waals surface area (Å²) in [6.45, 7) is 11.5. The number of amides is 2. The number of fused-ring (bicyclic) bond motifs is 1. The fourth-order valence-electron chi connectivity index (χ4n) is 4.33. The summed E-state index contributed by atoms with van der Waals surface area (Å²) >= 11 is 0. The van der Waals surface area contributed by atoms with Crippen molar-refractivity contribution >= 4 is 6.03 Å². The van der Waals surface area contributed by atoms with Gasteiger partial charge in [-0.25, -0.2) is 13.9 Å². The largest absolute Gasteiger partial charge is 0.335 e. The number of rotatable bonds is 8. The van der Waals surface area contributed by atoms with Gasteiger partial charge >= 0.3 is 6.03 Å². The van der Waals surface area contributed by atoms with Crippen molar-refractivity contribution in [1.82, 2.24) is 24.9 Å². The van der Waals surface area contributed by atoms with E-state index in [2.05, 4.69) is 48.0 Å². The van der Waals surface area contributed by atoms with Crippen molar-refractivity contribution in [3.8, 4) is 5.69 Å². The van der Waals surface area contributed by atoms with Gasteiger partial charge in [-0.05, 0) is 43.7 Å². The standard InChI is InChI=1S/C27H32FN5O/c1-4-15-29-27(34)32(5-2)19-25-24-18-31(17-21-8-10-22(28)11-9-21)16-14-26(24)33(30-25)23-12-6-20(3)7-13-23/h4,6-13H,1,5,14-19H2,2-3H3,(H,29,34). The topological polar surface area (TPSA) is 53.4 Å². The Kier molecular flexibility index (Phi) is 7.43. The van der Waals surface area contributed by atoms with Gasteiger partial charge in [0.15, 0.2) is 0 Å². The monoisotopic (exact) mass is 461 g/mol. The highest BCUT2D eigenvalue weighted by Crippen LogP contribution is 2.27. The second-order valence-corrected chi connectivity index (χ2v) is 8.70. The van der Waals surface area contributed by atoms with E-state index in [4.69, 9.17) is 5.10 Å². The lowest BCUT2D eigenvalue weighted by Crippen LogP contribution is -2.40. The van der Waals surface area contributed by atoms with Crippen LogP contribution in [-0.4, -0.2) is 45.2 Å². The molecule has 0 aliphatic carbocycles. The van der Waals surface area contributed by atoms with Gasteiger partial charge in [-0.3, -0.25) is 4.90 Å². The first kappa shape index (κ1) is 23.7. The molecule has 1 N–H and O–H groups in total. The Hall–Kier alpha value is -3.45. The summed E-state index contributed by atoms with van der Waals surface area (Å²) < 4.78 is 15.4. The van der Waals surface area contributed by atoms with Crippen molar-refractivity contribution in [3.63, 3.8) is 0 Å². The van der Waals surface area contributed by atoms with Gasteiger partial charge in [-0.1, -0.05) is 35.9 Å². The van der Waals surface area contributed by atoms with Crippen LogP contribution in [0, 0.1) is 12.7 Å². The van der Waals surface area contributed by atoms with Crippen LogP contribution >= 0.6 is 0 Å². The molecule has 0 bridgehead atoms. The van der Waals surface area contributed by atoms with Gasteiger partial charge < -0.3 is 10.2 Å². The smallest absolute Gasteiger partial charge is 0.317 e. The van der Waals surface area contributed by atoms with Crippen molar-refractivity contribution in [2.45, 2.75) is 39.9 Å². The number of urea groups is 1. The van der Waals surface area contributed by atoms with Crippen molar-refractivity contribution < 1.29 is 9.18 Å². The van der Waals surface area contributed by atoms with Crippen LogP contribution in [0.25, 0.3) is 5.69 Å². The normalized spacial score (nSPS) is 13.4. The molecular weight excluding hydrogens is 429 g/mol. The molecule has 6 nitrogen and oxygen atoms in total. The Bertz CT molecular complexity index is 1140. The van der Waals surface area contributed by atoms with Gasteiger partial charge in [-0.15, -0.1) is 6.58 Å². The number of carbonyl (C=O) groups is 1. The summed E-state index contributed by atoms with van der Waals surface area (Å²) in [4.78, 5) is 16.8. The number of aryl methyl sites for hydroxylation is 1. The average Bonchev–Trinajstić information content (AvgIpc) is 3.20. The third kappa shape index (κ3) is 5.37. The van der Waals surface area contributed by atoms with E-state index in [1.165, 1.54) is 29.0 Å². The zero-order valence-electron chi connectivity index (χ0n) is 19.9. The van der Waals surface area contributed by atoms with Crippen molar-refractivity contribution in [2.24, 2.45) is 0 Å². The Morgan fingerprint density at radius 2 is 1.94 bits per heavy atom. The highest BCUT2D eigenvalue weighted by Gasteiger charge is 2.27. The lowest BCUT2D eigenvalue weighted by Gasteiger charge is -2.28. The van der Waals surface area contributed by atoms with Gasteiger partial charge in [0.05, 0.1) is 23.6 Å². The van der Waals surface area contributed by atoms with Crippen LogP contribution in [0.1, 0.15) is 35.0 Å². The third-order valence-corrected chi connectivity index (χ3v) is 6.22. The molecule has 0 saturated heterocycles. The molecule has 1 aliphatic rings. The Morgan fingerprint density at radius 3 is 2.62 bits per heavy atom. The van der Waals surface area contributed by atoms with E-state index in [0.717, 1.165) is 43.0 Å². The zero-order valence-corrected chi connectivity index (χ0v) is 19.9. The molecule has 3 aromatic rings. The van der Waals surface area contributed by atoms with Crippen molar-refractivity contribution in [1.29, 1.82) is 0 Å². The quantitative estimate of drug-likeness (QED) is 0.499. The molecule has 0 fully saturated rings. The second kappa shape index (κ2) is 10.7. The number of carbonyl (C=O) groups excluding carboxylic acids is 1. The SMILES string of the molecule is C=CCNC(=O)N(CC)Cc1nn(-c2ccc(C)cc2)c2c1CN(Cc1ccc(F)cc1)CC2. The van der Waals surface area contributed by atoms with Gasteiger partial charge in [0.25, 0.3) is 0 Å². The lowest BCUT2D eigenvalue weighted by atomic mass is 10.0. The minimum Gasteiger partial charge on any atom is -0.335 e. The van der Waals surface area contributed by atoms with Crippen LogP contribution in [0.4, 0.5) is 9.18 Å². The maximum atomic E-state index is 13.3. The molecule has 4 rings (SSSR count). The van der Waals surface area contributed by atoms with Gasteiger partial charge in [-0.2, -0.15) is 5.10 Å². The van der Waals surface area contributed by atoms with Crippen LogP contribution in [0.5, 0.6) is 0 Å². The van der Waals surface area contributed by atoms with E-state index in [1.54, 1.807) is 11.0 Å². The Morgan fingerprint density at radius 1 is 1.21 bits per heavy atom. The number of nitrogens with zero attached hydrogens (tertiary/aromatic N) is 4. The molecule has 7 heteroatoms. The average molecular weight is 462 g/mol. The van der Waals surface area contributed by atoms with E-state index in [-0.39, 0.29) is 11.8 Å². The predicted octanol–water partition coefficient (Wildman–Crippen LogP) is 4.60. The van der Waals surface area contributed by atoms with Gasteiger partial charge in [0.1, 0.15) is 5.82 Å². The molecule has 1 aromatic heterocycles. The van der Waals surface area contributed by atoms with E-state index in [1.807, 2.05) is 23.7 Å². The number of hydrogen-bond donors (Lipinski definition) is 1. The first-order chi connectivity index (χ1) is 16.5. The number of hydrogen-bond acceptors (Lipinski definition) is 3. The maximum absolute atomic E-state index is 13.3. The molecular formula is C27H32FN5O. The summed E-state index contributed by atoms with van der Waals surface area (Å²) in [5, 5.41) is 7.86. The summed E-state index contributed by atoms with van der Waals surface area (Å²) in [6, 6.07) is 14.9. The fraction of sp³-hybridized carbons (Fsp3) is 0.333. The predicted molar refractivity (Wildman–Crippen MR) is 132 cm³/mol. The molecule has 0 atom stereocenters. The molecule has 2 heterocycles. The summed E-state index contributed by atoms with van der Waals surface area (Å²) in [7, 11) is 0. The Balaban J connectivity index is 1.63. The first-order valence-corrected chi connectivity index (χ1v) is 11.8. The van der Waals surface area contributed by atoms with Crippen LogP contribution in [-0.2, 0) is 26.1 Å². The number of benzene rings is 2. The third-order valence-electron chi connectivity index (χ3n) is 6.22. The zero-order chi connectivity index (χ0) is 24.1. The van der Waals surface area contributed by atoms with Crippen molar-refractivity contribution in [3.05, 3.63) is 95.1 Å². The number of halogens is 1. The molecule has 0 spiro atoms. The molecule has 1 aliphatic heterocycles. The second-order valence-electron chi connectivity index (χ2n) is 8.70. The molecule has 178 valence electrons. The highest BCUT2D eigenvalue weighted by molar-refractivity contribution is 5.74. The maximum Gasteiger partial charge on any atom is 0.317 e. The van der Waals surface area contributed by atoms with Gasteiger partial charge in [0.2, 0.25) is 0 Å². The first-order valence-electron chi connectivity index (χ1n) is 11.8. The molecule has 0 saturated carbocycles. The summed E-state index contributed by atoms with van der Waals surface area (Å²) in [5.41, 5.74) is 6.58. The van der Waals surface area contributed by atoms with E-state index >= 15 is 0 Å². The highest BCUT2D eigenvalue weighted by atomic mass is 19.1. The molecule has 0 unspecified atom stereocenters. The lowest BCUT2D eigenvalue weighted by molar-refractivity contribution is 0.197. The molecule has 34 heavy (non-hydrogen) atoms. The summed E-state index contributed by atoms with van der Waals surface area (Å²) in [6.07, 6.45) is 2.53. The number of aromatic nitrogens is 2. The fourth-order valence-corrected chi connectivity index (χ4v) is 4.33. The molecule has 0 radical (unpaired) electrons. The van der Waals surface area contributed by atoms with Crippen LogP contribution < -0.4 is 5.32 Å². The van der Waals surface area contributed by atoms with Crippen LogP contribution in [0.3, 0.4) is 0 Å². The van der Waals surface area contributed by atoms with Crippen LogP contribution in [0.2, 0.25) is 0 Å². The number of nitrogens with one attached hydrogen (secondary N) is 1. The minimum absolute atomic E-state index is 0.125. The van der Waals surface area contributed by atoms with Crippen LogP contribution in [0.15, 0.2) is 61.2 Å². The van der Waals surface area contributed by atoms with E-state index in [0.29, 0.717) is 19.6 Å². The molecule has 2 amide bonds. The van der Waals surface area contributed by atoms with E-state index < -0.39 is 0 Å². The Labute approximate surface area is 200 Å². The van der Waals surface area contributed by atoms with E-state index in [9.17, 15) is 9.18 Å². The summed E-state index contributed by atoms with van der Waals surface area (Å²) in [5.74, 6) is -0.222. The van der Waals surface area contributed by atoms with Gasteiger partial charge in [0, 0.05) is 44.7 Å². The molecule has 2 aromatic carbocycles. The van der Waals surface area contributed by atoms with Crippen molar-refractivity contribution in [2.75, 3.05) is 19.6 Å². The minimum atomic E-state index is -0.222.